The molecule has 1 aromatic carbocycles. The molecule has 0 aromatic heterocycles. The third kappa shape index (κ3) is 7.69. The van der Waals surface area contributed by atoms with Gasteiger partial charge in [0.15, 0.2) is 5.96 Å². The van der Waals surface area contributed by atoms with E-state index < -0.39 is 0 Å². The Morgan fingerprint density at radius 2 is 2.00 bits per heavy atom. The van der Waals surface area contributed by atoms with Gasteiger partial charge in [-0.15, -0.1) is 24.0 Å². The monoisotopic (exact) mass is 390 g/mol. The third-order valence-electron chi connectivity index (χ3n) is 3.21. The molecule has 1 aromatic rings. The minimum atomic E-state index is 0. The van der Waals surface area contributed by atoms with Crippen molar-refractivity contribution in [3.63, 3.8) is 0 Å². The molecule has 0 fully saturated rings. The average Bonchev–Trinajstić information content (AvgIpc) is 2.40. The summed E-state index contributed by atoms with van der Waals surface area (Å²) in [5.41, 5.74) is 7.04. The second-order valence-electron chi connectivity index (χ2n) is 4.84. The molecule has 3 N–H and O–H groups in total. The Kier molecular flexibility index (Phi) is 10.5. The number of rotatable bonds is 7. The standard InChI is InChI=1S/C15H26N4.HI/c1-4-17-15(16)18-11-10-13(2)19(3)12-14-8-6-5-7-9-14;/h5-9,13H,4,10-12H2,1-3H3,(H3,16,17,18);1H. The van der Waals surface area contributed by atoms with Crippen LogP contribution in [0.25, 0.3) is 0 Å². The predicted octanol–water partition coefficient (Wildman–Crippen LogP) is 2.44. The van der Waals surface area contributed by atoms with Crippen LogP contribution < -0.4 is 11.1 Å². The lowest BCUT2D eigenvalue weighted by molar-refractivity contribution is 0.240. The number of hydrogen-bond donors (Lipinski definition) is 2. The summed E-state index contributed by atoms with van der Waals surface area (Å²) in [5, 5.41) is 3.00. The third-order valence-corrected chi connectivity index (χ3v) is 3.21. The van der Waals surface area contributed by atoms with Gasteiger partial charge < -0.3 is 11.1 Å². The molecular weight excluding hydrogens is 363 g/mol. The maximum Gasteiger partial charge on any atom is 0.188 e. The van der Waals surface area contributed by atoms with Gasteiger partial charge in [0.05, 0.1) is 0 Å². The van der Waals surface area contributed by atoms with E-state index in [1.165, 1.54) is 5.56 Å². The zero-order valence-corrected chi connectivity index (χ0v) is 15.0. The Morgan fingerprint density at radius 1 is 1.35 bits per heavy atom. The van der Waals surface area contributed by atoms with Crippen LogP contribution in [0, 0.1) is 0 Å². The van der Waals surface area contributed by atoms with Gasteiger partial charge in [-0.3, -0.25) is 9.89 Å². The molecule has 5 heteroatoms. The Labute approximate surface area is 139 Å². The molecule has 1 atom stereocenters. The molecule has 4 nitrogen and oxygen atoms in total. The zero-order valence-electron chi connectivity index (χ0n) is 12.7. The lowest BCUT2D eigenvalue weighted by atomic mass is 10.1. The molecule has 1 unspecified atom stereocenters. The van der Waals surface area contributed by atoms with Crippen LogP contribution in [0.1, 0.15) is 25.8 Å². The molecular formula is C15H27IN4. The van der Waals surface area contributed by atoms with E-state index in [2.05, 4.69) is 53.4 Å². The van der Waals surface area contributed by atoms with Crippen LogP contribution in [0.15, 0.2) is 35.3 Å². The van der Waals surface area contributed by atoms with E-state index >= 15 is 0 Å². The summed E-state index contributed by atoms with van der Waals surface area (Å²) in [5.74, 6) is 0.542. The topological polar surface area (TPSA) is 53.6 Å². The molecule has 0 amide bonds. The maximum atomic E-state index is 5.70. The van der Waals surface area contributed by atoms with E-state index in [0.717, 1.165) is 26.1 Å². The van der Waals surface area contributed by atoms with Gasteiger partial charge in [0.2, 0.25) is 0 Å². The average molecular weight is 390 g/mol. The lowest BCUT2D eigenvalue weighted by Gasteiger charge is -2.24. The number of benzene rings is 1. The van der Waals surface area contributed by atoms with Gasteiger partial charge in [-0.25, -0.2) is 0 Å². The summed E-state index contributed by atoms with van der Waals surface area (Å²) in [6.45, 7) is 6.78. The quantitative estimate of drug-likeness (QED) is 0.427. The molecule has 20 heavy (non-hydrogen) atoms. The molecule has 0 bridgehead atoms. The molecule has 114 valence electrons. The molecule has 0 heterocycles. The zero-order chi connectivity index (χ0) is 14.1. The van der Waals surface area contributed by atoms with Gasteiger partial charge in [-0.2, -0.15) is 0 Å². The second-order valence-corrected chi connectivity index (χ2v) is 4.84. The molecule has 0 aliphatic heterocycles. The number of nitrogens with one attached hydrogen (secondary N) is 1. The van der Waals surface area contributed by atoms with Crippen molar-refractivity contribution in [1.82, 2.24) is 10.2 Å². The first-order chi connectivity index (χ1) is 9.13. The molecule has 0 saturated carbocycles. The second kappa shape index (κ2) is 10.9. The minimum absolute atomic E-state index is 0. The van der Waals surface area contributed by atoms with Crippen molar-refractivity contribution < 1.29 is 0 Å². The highest BCUT2D eigenvalue weighted by atomic mass is 127. The number of aliphatic imine (C=N–C) groups is 1. The number of nitrogens with zero attached hydrogens (tertiary/aromatic N) is 2. The van der Waals surface area contributed by atoms with Crippen molar-refractivity contribution >= 4 is 29.9 Å². The van der Waals surface area contributed by atoms with E-state index in [1.54, 1.807) is 0 Å². The van der Waals surface area contributed by atoms with E-state index in [-0.39, 0.29) is 24.0 Å². The fourth-order valence-electron chi connectivity index (χ4n) is 1.86. The Bertz CT molecular complexity index is 381. The number of nitrogens with two attached hydrogens (primary N) is 1. The smallest absolute Gasteiger partial charge is 0.188 e. The molecule has 0 spiro atoms. The normalized spacial score (nSPS) is 12.9. The van der Waals surface area contributed by atoms with Crippen molar-refractivity contribution in [2.45, 2.75) is 32.9 Å². The van der Waals surface area contributed by atoms with Gasteiger partial charge in [0.25, 0.3) is 0 Å². The Balaban J connectivity index is 0.00000361. The largest absolute Gasteiger partial charge is 0.370 e. The number of hydrogen-bond acceptors (Lipinski definition) is 2. The lowest BCUT2D eigenvalue weighted by Crippen LogP contribution is -2.32. The van der Waals surface area contributed by atoms with Gasteiger partial charge >= 0.3 is 0 Å². The van der Waals surface area contributed by atoms with E-state index in [1.807, 2.05) is 13.0 Å². The fourth-order valence-corrected chi connectivity index (χ4v) is 1.86. The molecule has 0 aliphatic rings. The molecule has 0 aliphatic carbocycles. The van der Waals surface area contributed by atoms with Crippen LogP contribution in [0.3, 0.4) is 0 Å². The highest BCUT2D eigenvalue weighted by molar-refractivity contribution is 14.0. The summed E-state index contributed by atoms with van der Waals surface area (Å²) < 4.78 is 0. The van der Waals surface area contributed by atoms with Gasteiger partial charge in [0.1, 0.15) is 0 Å². The molecule has 0 saturated heterocycles. The van der Waals surface area contributed by atoms with Crippen molar-refractivity contribution in [3.8, 4) is 0 Å². The van der Waals surface area contributed by atoms with Gasteiger partial charge in [-0.1, -0.05) is 30.3 Å². The van der Waals surface area contributed by atoms with Crippen LogP contribution in [0.2, 0.25) is 0 Å². The van der Waals surface area contributed by atoms with Crippen molar-refractivity contribution in [1.29, 1.82) is 0 Å². The van der Waals surface area contributed by atoms with Crippen LogP contribution in [0.5, 0.6) is 0 Å². The van der Waals surface area contributed by atoms with Gasteiger partial charge in [-0.05, 0) is 32.9 Å². The summed E-state index contributed by atoms with van der Waals surface area (Å²) in [7, 11) is 2.15. The van der Waals surface area contributed by atoms with Gasteiger partial charge in [0, 0.05) is 25.7 Å². The Morgan fingerprint density at radius 3 is 2.60 bits per heavy atom. The summed E-state index contributed by atoms with van der Waals surface area (Å²) >= 11 is 0. The minimum Gasteiger partial charge on any atom is -0.370 e. The van der Waals surface area contributed by atoms with Crippen LogP contribution in [-0.4, -0.2) is 37.0 Å². The highest BCUT2D eigenvalue weighted by Crippen LogP contribution is 2.08. The summed E-state index contributed by atoms with van der Waals surface area (Å²) in [4.78, 5) is 6.64. The molecule has 1 rings (SSSR count). The SMILES string of the molecule is CCNC(N)=NCCC(C)N(C)Cc1ccccc1.I. The van der Waals surface area contributed by atoms with E-state index in [4.69, 9.17) is 5.73 Å². The Hall–Kier alpha value is -0.820. The first-order valence-corrected chi connectivity index (χ1v) is 6.91. The first kappa shape index (κ1) is 19.2. The van der Waals surface area contributed by atoms with E-state index in [9.17, 15) is 0 Å². The number of halogens is 1. The fraction of sp³-hybridized carbons (Fsp3) is 0.533. The number of guanidine groups is 1. The molecule has 0 radical (unpaired) electrons. The van der Waals surface area contributed by atoms with Crippen molar-refractivity contribution in [3.05, 3.63) is 35.9 Å². The predicted molar refractivity (Wildman–Crippen MR) is 97.6 cm³/mol. The maximum absolute atomic E-state index is 5.70. The van der Waals surface area contributed by atoms with Crippen molar-refractivity contribution in [2.24, 2.45) is 10.7 Å². The van der Waals surface area contributed by atoms with Crippen LogP contribution >= 0.6 is 24.0 Å². The highest BCUT2D eigenvalue weighted by Gasteiger charge is 2.08. The first-order valence-electron chi connectivity index (χ1n) is 6.91. The van der Waals surface area contributed by atoms with Crippen molar-refractivity contribution in [2.75, 3.05) is 20.1 Å². The summed E-state index contributed by atoms with van der Waals surface area (Å²) in [6.07, 6.45) is 1.01. The van der Waals surface area contributed by atoms with Crippen LogP contribution in [0.4, 0.5) is 0 Å². The summed E-state index contributed by atoms with van der Waals surface area (Å²) in [6, 6.07) is 11.0. The van der Waals surface area contributed by atoms with E-state index in [0.29, 0.717) is 12.0 Å². The van der Waals surface area contributed by atoms with Crippen LogP contribution in [-0.2, 0) is 6.54 Å².